The average Bonchev–Trinajstić information content (AvgIpc) is 2.66. The third-order valence-corrected chi connectivity index (χ3v) is 4.12. The van der Waals surface area contributed by atoms with Gasteiger partial charge in [-0.1, -0.05) is 64.5 Å². The van der Waals surface area contributed by atoms with E-state index in [2.05, 4.69) is 21.2 Å². The maximum atomic E-state index is 12.0. The van der Waals surface area contributed by atoms with Crippen molar-refractivity contribution in [2.24, 2.45) is 0 Å². The Balaban J connectivity index is 1.59. The van der Waals surface area contributed by atoms with Gasteiger partial charge in [-0.3, -0.25) is 4.79 Å². The number of rotatable bonds is 6. The van der Waals surface area contributed by atoms with Crippen LogP contribution in [0.15, 0.2) is 89.4 Å². The van der Waals surface area contributed by atoms with E-state index >= 15 is 0 Å². The predicted octanol–water partition coefficient (Wildman–Crippen LogP) is 5.68. The van der Waals surface area contributed by atoms with Crippen LogP contribution in [-0.2, 0) is 11.4 Å². The number of carbonyl (C=O) groups is 1. The summed E-state index contributed by atoms with van der Waals surface area (Å²) in [6, 6.07) is 25.1. The molecule has 3 nitrogen and oxygen atoms in total. The molecular weight excluding hydrogens is 390 g/mol. The summed E-state index contributed by atoms with van der Waals surface area (Å²) in [6.45, 7) is 0.511. The van der Waals surface area contributed by atoms with Crippen molar-refractivity contribution in [1.29, 1.82) is 0 Å². The summed E-state index contributed by atoms with van der Waals surface area (Å²) in [6.07, 6.45) is 3.28. The van der Waals surface area contributed by atoms with Gasteiger partial charge in [0, 0.05) is 16.2 Å². The van der Waals surface area contributed by atoms with E-state index in [-0.39, 0.29) is 5.91 Å². The topological polar surface area (TPSA) is 38.3 Å². The summed E-state index contributed by atoms with van der Waals surface area (Å²) in [4.78, 5) is 12.0. The zero-order chi connectivity index (χ0) is 18.2. The number of ether oxygens (including phenoxy) is 1. The average molecular weight is 408 g/mol. The van der Waals surface area contributed by atoms with Crippen LogP contribution in [0.4, 0.5) is 5.69 Å². The first-order valence-corrected chi connectivity index (χ1v) is 9.00. The summed E-state index contributed by atoms with van der Waals surface area (Å²) in [5, 5.41) is 2.83. The van der Waals surface area contributed by atoms with Crippen molar-refractivity contribution in [3.8, 4) is 5.75 Å². The molecule has 3 rings (SSSR count). The lowest BCUT2D eigenvalue weighted by atomic mass is 10.2. The van der Waals surface area contributed by atoms with E-state index in [0.717, 1.165) is 27.0 Å². The van der Waals surface area contributed by atoms with E-state index < -0.39 is 0 Å². The first-order valence-electron chi connectivity index (χ1n) is 8.20. The van der Waals surface area contributed by atoms with Crippen LogP contribution in [0.25, 0.3) is 6.08 Å². The van der Waals surface area contributed by atoms with E-state index in [1.807, 2.05) is 78.9 Å². The number of carbonyl (C=O) groups excluding carboxylic acids is 1. The second kappa shape index (κ2) is 9.02. The smallest absolute Gasteiger partial charge is 0.248 e. The summed E-state index contributed by atoms with van der Waals surface area (Å²) < 4.78 is 6.73. The molecule has 0 aliphatic heterocycles. The fraction of sp³-hybridized carbons (Fsp3) is 0.0455. The minimum Gasteiger partial charge on any atom is -0.489 e. The van der Waals surface area contributed by atoms with E-state index in [4.69, 9.17) is 4.74 Å². The second-order valence-electron chi connectivity index (χ2n) is 5.68. The Morgan fingerprint density at radius 3 is 2.58 bits per heavy atom. The number of hydrogen-bond donors (Lipinski definition) is 1. The molecule has 0 heterocycles. The molecule has 0 saturated heterocycles. The number of halogens is 1. The van der Waals surface area contributed by atoms with E-state index in [0.29, 0.717) is 6.61 Å². The van der Waals surface area contributed by atoms with Crippen molar-refractivity contribution in [2.45, 2.75) is 6.61 Å². The van der Waals surface area contributed by atoms with Crippen molar-refractivity contribution in [2.75, 3.05) is 5.32 Å². The van der Waals surface area contributed by atoms with Gasteiger partial charge < -0.3 is 10.1 Å². The molecule has 0 fully saturated rings. The van der Waals surface area contributed by atoms with Crippen molar-refractivity contribution in [3.63, 3.8) is 0 Å². The van der Waals surface area contributed by atoms with Gasteiger partial charge in [0.15, 0.2) is 0 Å². The van der Waals surface area contributed by atoms with Gasteiger partial charge in [0.25, 0.3) is 0 Å². The second-order valence-corrected chi connectivity index (χ2v) is 6.60. The molecule has 0 radical (unpaired) electrons. The number of nitrogens with one attached hydrogen (secondary N) is 1. The zero-order valence-corrected chi connectivity index (χ0v) is 15.6. The Labute approximate surface area is 161 Å². The van der Waals surface area contributed by atoms with Gasteiger partial charge in [-0.05, 0) is 47.5 Å². The maximum Gasteiger partial charge on any atom is 0.248 e. The molecule has 0 unspecified atom stereocenters. The first-order chi connectivity index (χ1) is 12.7. The highest BCUT2D eigenvalue weighted by atomic mass is 79.9. The highest BCUT2D eigenvalue weighted by Gasteiger charge is 2.00. The van der Waals surface area contributed by atoms with Crippen LogP contribution in [-0.4, -0.2) is 5.91 Å². The summed E-state index contributed by atoms with van der Waals surface area (Å²) in [7, 11) is 0. The first kappa shape index (κ1) is 18.0. The highest BCUT2D eigenvalue weighted by Crippen LogP contribution is 2.17. The number of amides is 1. The molecule has 0 aromatic heterocycles. The number of anilines is 1. The lowest BCUT2D eigenvalue weighted by molar-refractivity contribution is -0.111. The Hall–Kier alpha value is -2.85. The molecule has 0 aliphatic rings. The Kier molecular flexibility index (Phi) is 6.23. The Bertz CT molecular complexity index is 907. The molecule has 3 aromatic rings. The van der Waals surface area contributed by atoms with Gasteiger partial charge in [0.05, 0.1) is 0 Å². The molecule has 0 aliphatic carbocycles. The van der Waals surface area contributed by atoms with Crippen LogP contribution < -0.4 is 10.1 Å². The standard InChI is InChI=1S/C22H18BrNO2/c23-19-9-5-10-20(15-19)24-22(25)13-12-17-8-4-11-21(14-17)26-16-18-6-2-1-3-7-18/h1-15H,16H2,(H,24,25)/b13-12+. The van der Waals surface area contributed by atoms with Gasteiger partial charge >= 0.3 is 0 Å². The van der Waals surface area contributed by atoms with E-state index in [1.165, 1.54) is 6.08 Å². The fourth-order valence-electron chi connectivity index (χ4n) is 2.37. The van der Waals surface area contributed by atoms with Crippen LogP contribution in [0.1, 0.15) is 11.1 Å². The minimum absolute atomic E-state index is 0.182. The summed E-state index contributed by atoms with van der Waals surface area (Å²) in [5.74, 6) is 0.585. The summed E-state index contributed by atoms with van der Waals surface area (Å²) in [5.41, 5.74) is 2.76. The van der Waals surface area contributed by atoms with Crippen LogP contribution in [0.5, 0.6) is 5.75 Å². The SMILES string of the molecule is O=C(/C=C/c1cccc(OCc2ccccc2)c1)Nc1cccc(Br)c1. The van der Waals surface area contributed by atoms with Gasteiger partial charge in [-0.25, -0.2) is 0 Å². The molecule has 26 heavy (non-hydrogen) atoms. The van der Waals surface area contributed by atoms with Gasteiger partial charge in [0.2, 0.25) is 5.91 Å². The lowest BCUT2D eigenvalue weighted by Gasteiger charge is -2.07. The quantitative estimate of drug-likeness (QED) is 0.533. The monoisotopic (exact) mass is 407 g/mol. The van der Waals surface area contributed by atoms with E-state index in [9.17, 15) is 4.79 Å². The molecule has 1 amide bonds. The number of benzene rings is 3. The largest absolute Gasteiger partial charge is 0.489 e. The summed E-state index contributed by atoms with van der Waals surface area (Å²) >= 11 is 3.38. The predicted molar refractivity (Wildman–Crippen MR) is 109 cm³/mol. The van der Waals surface area contributed by atoms with Crippen molar-refractivity contribution >= 4 is 33.6 Å². The van der Waals surface area contributed by atoms with Gasteiger partial charge in [-0.15, -0.1) is 0 Å². The fourth-order valence-corrected chi connectivity index (χ4v) is 2.77. The molecule has 0 spiro atoms. The molecule has 4 heteroatoms. The zero-order valence-electron chi connectivity index (χ0n) is 14.1. The van der Waals surface area contributed by atoms with Gasteiger partial charge in [0.1, 0.15) is 12.4 Å². The molecule has 1 N–H and O–H groups in total. The molecule has 3 aromatic carbocycles. The lowest BCUT2D eigenvalue weighted by Crippen LogP contribution is -2.07. The van der Waals surface area contributed by atoms with Gasteiger partial charge in [-0.2, -0.15) is 0 Å². The van der Waals surface area contributed by atoms with Crippen LogP contribution in [0, 0.1) is 0 Å². The minimum atomic E-state index is -0.182. The van der Waals surface area contributed by atoms with E-state index in [1.54, 1.807) is 6.08 Å². The highest BCUT2D eigenvalue weighted by molar-refractivity contribution is 9.10. The maximum absolute atomic E-state index is 12.0. The van der Waals surface area contributed by atoms with Crippen LogP contribution in [0.3, 0.4) is 0 Å². The molecule has 130 valence electrons. The normalized spacial score (nSPS) is 10.7. The van der Waals surface area contributed by atoms with Crippen LogP contribution in [0.2, 0.25) is 0 Å². The van der Waals surface area contributed by atoms with Crippen molar-refractivity contribution in [1.82, 2.24) is 0 Å². The molecule has 0 bridgehead atoms. The van der Waals surface area contributed by atoms with Crippen LogP contribution >= 0.6 is 15.9 Å². The molecular formula is C22H18BrNO2. The molecule has 0 atom stereocenters. The number of hydrogen-bond acceptors (Lipinski definition) is 2. The Morgan fingerprint density at radius 2 is 1.77 bits per heavy atom. The third-order valence-electron chi connectivity index (χ3n) is 3.63. The Morgan fingerprint density at radius 1 is 0.962 bits per heavy atom. The third kappa shape index (κ3) is 5.60. The van der Waals surface area contributed by atoms with Crippen molar-refractivity contribution < 1.29 is 9.53 Å². The molecule has 0 saturated carbocycles. The van der Waals surface area contributed by atoms with Crippen molar-refractivity contribution in [3.05, 3.63) is 101 Å².